The number of carbonyl (C=O) groups is 1. The standard InChI is InChI=1S/C19H30N4O/c1-14-6-8-17(9-7-14)21-19(24)23-12-11-22(13-16(23)3)18-15(2)5-4-10-20-18/h4-5,10,14,16-17H,6-9,11-13H2,1-3H3,(H,21,24). The molecule has 3 rings (SSSR count). The maximum absolute atomic E-state index is 12.6. The van der Waals surface area contributed by atoms with Gasteiger partial charge in [0, 0.05) is 37.9 Å². The zero-order chi connectivity index (χ0) is 17.1. The first kappa shape index (κ1) is 17.1. The molecule has 2 amide bonds. The van der Waals surface area contributed by atoms with Crippen molar-refractivity contribution in [3.05, 3.63) is 23.9 Å². The normalized spacial score (nSPS) is 27.9. The first-order chi connectivity index (χ1) is 11.5. The summed E-state index contributed by atoms with van der Waals surface area (Å²) in [5.41, 5.74) is 1.19. The van der Waals surface area contributed by atoms with Crippen molar-refractivity contribution in [3.8, 4) is 0 Å². The highest BCUT2D eigenvalue weighted by Crippen LogP contribution is 2.24. The van der Waals surface area contributed by atoms with Crippen molar-refractivity contribution in [2.24, 2.45) is 5.92 Å². The number of piperazine rings is 1. The van der Waals surface area contributed by atoms with Gasteiger partial charge in [-0.3, -0.25) is 0 Å². The largest absolute Gasteiger partial charge is 0.353 e. The molecule has 1 atom stereocenters. The fourth-order valence-corrected chi connectivity index (χ4v) is 3.92. The number of hydrogen-bond acceptors (Lipinski definition) is 3. The molecule has 2 aliphatic rings. The highest BCUT2D eigenvalue weighted by Gasteiger charge is 2.30. The predicted octanol–water partition coefficient (Wildman–Crippen LogP) is 3.19. The molecule has 5 heteroatoms. The molecular weight excluding hydrogens is 300 g/mol. The zero-order valence-electron chi connectivity index (χ0n) is 15.2. The van der Waals surface area contributed by atoms with Gasteiger partial charge in [-0.2, -0.15) is 0 Å². The van der Waals surface area contributed by atoms with E-state index in [4.69, 9.17) is 0 Å². The number of anilines is 1. The number of aryl methyl sites for hydroxylation is 1. The Morgan fingerprint density at radius 2 is 1.96 bits per heavy atom. The molecule has 2 fully saturated rings. The minimum Gasteiger partial charge on any atom is -0.353 e. The molecule has 1 aliphatic carbocycles. The SMILES string of the molecule is Cc1cccnc1N1CCN(C(=O)NC2CCC(C)CC2)C(C)C1. The van der Waals surface area contributed by atoms with Gasteiger partial charge in [-0.15, -0.1) is 0 Å². The number of urea groups is 1. The Morgan fingerprint density at radius 3 is 2.62 bits per heavy atom. The summed E-state index contributed by atoms with van der Waals surface area (Å²) in [4.78, 5) is 21.5. The van der Waals surface area contributed by atoms with Crippen molar-refractivity contribution in [3.63, 3.8) is 0 Å². The van der Waals surface area contributed by atoms with Crippen LogP contribution in [0, 0.1) is 12.8 Å². The highest BCUT2D eigenvalue weighted by atomic mass is 16.2. The van der Waals surface area contributed by atoms with Gasteiger partial charge < -0.3 is 15.1 Å². The van der Waals surface area contributed by atoms with Crippen LogP contribution < -0.4 is 10.2 Å². The third-order valence-corrected chi connectivity index (χ3v) is 5.51. The Morgan fingerprint density at radius 1 is 1.21 bits per heavy atom. The Bertz CT molecular complexity index is 568. The van der Waals surface area contributed by atoms with Gasteiger partial charge in [0.25, 0.3) is 0 Å². The molecule has 2 heterocycles. The van der Waals surface area contributed by atoms with Crippen molar-refractivity contribution in [1.29, 1.82) is 0 Å². The molecule has 1 saturated carbocycles. The van der Waals surface area contributed by atoms with Crippen molar-refractivity contribution >= 4 is 11.8 Å². The summed E-state index contributed by atoms with van der Waals surface area (Å²) in [6.45, 7) is 8.97. The van der Waals surface area contributed by atoms with Gasteiger partial charge >= 0.3 is 6.03 Å². The minimum absolute atomic E-state index is 0.111. The Kier molecular flexibility index (Phi) is 5.27. The molecule has 1 saturated heterocycles. The highest BCUT2D eigenvalue weighted by molar-refractivity contribution is 5.75. The van der Waals surface area contributed by atoms with E-state index in [9.17, 15) is 4.79 Å². The third kappa shape index (κ3) is 3.82. The second-order valence-electron chi connectivity index (χ2n) is 7.54. The third-order valence-electron chi connectivity index (χ3n) is 5.51. The van der Waals surface area contributed by atoms with Crippen LogP contribution >= 0.6 is 0 Å². The predicted molar refractivity (Wildman–Crippen MR) is 97.3 cm³/mol. The summed E-state index contributed by atoms with van der Waals surface area (Å²) in [6, 6.07) is 4.73. The Balaban J connectivity index is 1.55. The van der Waals surface area contributed by atoms with Crippen LogP contribution in [0.3, 0.4) is 0 Å². The lowest BCUT2D eigenvalue weighted by Crippen LogP contribution is -2.58. The molecule has 132 valence electrons. The number of nitrogens with zero attached hydrogens (tertiary/aromatic N) is 3. The summed E-state index contributed by atoms with van der Waals surface area (Å²) < 4.78 is 0. The van der Waals surface area contributed by atoms with Crippen LogP contribution in [-0.2, 0) is 0 Å². The molecular formula is C19H30N4O. The van der Waals surface area contributed by atoms with Crippen LogP contribution in [0.2, 0.25) is 0 Å². The lowest BCUT2D eigenvalue weighted by molar-refractivity contribution is 0.163. The van der Waals surface area contributed by atoms with E-state index in [1.54, 1.807) is 0 Å². The van der Waals surface area contributed by atoms with Crippen LogP contribution in [0.4, 0.5) is 10.6 Å². The van der Waals surface area contributed by atoms with Gasteiger partial charge in [0.2, 0.25) is 0 Å². The number of hydrogen-bond donors (Lipinski definition) is 1. The lowest BCUT2D eigenvalue weighted by Gasteiger charge is -2.41. The zero-order valence-corrected chi connectivity index (χ0v) is 15.2. The number of aromatic nitrogens is 1. The molecule has 0 radical (unpaired) electrons. The number of rotatable bonds is 2. The number of carbonyl (C=O) groups excluding carboxylic acids is 1. The lowest BCUT2D eigenvalue weighted by atomic mass is 9.87. The molecule has 0 bridgehead atoms. The Hall–Kier alpha value is -1.78. The average Bonchev–Trinajstić information content (AvgIpc) is 2.57. The smallest absolute Gasteiger partial charge is 0.317 e. The van der Waals surface area contributed by atoms with E-state index >= 15 is 0 Å². The van der Waals surface area contributed by atoms with Gasteiger partial charge in [0.1, 0.15) is 5.82 Å². The summed E-state index contributed by atoms with van der Waals surface area (Å²) >= 11 is 0. The van der Waals surface area contributed by atoms with E-state index < -0.39 is 0 Å². The van der Waals surface area contributed by atoms with Crippen molar-refractivity contribution in [2.45, 2.75) is 58.5 Å². The fraction of sp³-hybridized carbons (Fsp3) is 0.684. The average molecular weight is 330 g/mol. The van der Waals surface area contributed by atoms with E-state index in [0.29, 0.717) is 6.04 Å². The van der Waals surface area contributed by atoms with Gasteiger partial charge in [0.05, 0.1) is 0 Å². The van der Waals surface area contributed by atoms with Crippen molar-refractivity contribution in [1.82, 2.24) is 15.2 Å². The molecule has 0 aromatic carbocycles. The van der Waals surface area contributed by atoms with E-state index in [0.717, 1.165) is 44.2 Å². The summed E-state index contributed by atoms with van der Waals surface area (Å²) in [6.07, 6.45) is 6.54. The van der Waals surface area contributed by atoms with E-state index in [1.165, 1.54) is 18.4 Å². The summed E-state index contributed by atoms with van der Waals surface area (Å²) in [5, 5.41) is 3.26. The van der Waals surface area contributed by atoms with Crippen molar-refractivity contribution in [2.75, 3.05) is 24.5 Å². The van der Waals surface area contributed by atoms with E-state index in [1.807, 2.05) is 17.2 Å². The molecule has 1 unspecified atom stereocenters. The number of pyridine rings is 1. The number of nitrogens with one attached hydrogen (secondary N) is 1. The Labute approximate surface area is 145 Å². The van der Waals surface area contributed by atoms with Crippen LogP contribution in [0.15, 0.2) is 18.3 Å². The topological polar surface area (TPSA) is 48.5 Å². The van der Waals surface area contributed by atoms with E-state index in [2.05, 4.69) is 42.0 Å². The number of amides is 2. The molecule has 1 N–H and O–H groups in total. The molecule has 1 aromatic rings. The first-order valence-corrected chi connectivity index (χ1v) is 9.28. The molecule has 0 spiro atoms. The van der Waals surface area contributed by atoms with E-state index in [-0.39, 0.29) is 12.1 Å². The van der Waals surface area contributed by atoms with Gasteiger partial charge in [-0.1, -0.05) is 13.0 Å². The molecule has 1 aliphatic heterocycles. The second-order valence-corrected chi connectivity index (χ2v) is 7.54. The van der Waals surface area contributed by atoms with Gasteiger partial charge in [0.15, 0.2) is 0 Å². The van der Waals surface area contributed by atoms with Crippen LogP contribution in [-0.4, -0.2) is 47.6 Å². The molecule has 24 heavy (non-hydrogen) atoms. The first-order valence-electron chi connectivity index (χ1n) is 9.28. The van der Waals surface area contributed by atoms with Crippen LogP contribution in [0.25, 0.3) is 0 Å². The molecule has 1 aromatic heterocycles. The summed E-state index contributed by atoms with van der Waals surface area (Å²) in [5.74, 6) is 1.85. The maximum Gasteiger partial charge on any atom is 0.317 e. The quantitative estimate of drug-likeness (QED) is 0.906. The molecule has 5 nitrogen and oxygen atoms in total. The fourth-order valence-electron chi connectivity index (χ4n) is 3.92. The maximum atomic E-state index is 12.6. The monoisotopic (exact) mass is 330 g/mol. The summed E-state index contributed by atoms with van der Waals surface area (Å²) in [7, 11) is 0. The van der Waals surface area contributed by atoms with Gasteiger partial charge in [-0.05, 0) is 57.1 Å². The van der Waals surface area contributed by atoms with Crippen LogP contribution in [0.5, 0.6) is 0 Å². The minimum atomic E-state index is 0.111. The van der Waals surface area contributed by atoms with Crippen LogP contribution in [0.1, 0.15) is 45.1 Å². The second kappa shape index (κ2) is 7.41. The van der Waals surface area contributed by atoms with Gasteiger partial charge in [-0.25, -0.2) is 9.78 Å². The van der Waals surface area contributed by atoms with Crippen molar-refractivity contribution < 1.29 is 4.79 Å².